The second kappa shape index (κ2) is 24.9. The topological polar surface area (TPSA) is 67.5 Å². The summed E-state index contributed by atoms with van der Waals surface area (Å²) in [7, 11) is 0. The van der Waals surface area contributed by atoms with Crippen molar-refractivity contribution in [3.63, 3.8) is 0 Å². The highest BCUT2D eigenvalue weighted by Crippen LogP contribution is 2.34. The molecule has 2 saturated heterocycles. The van der Waals surface area contributed by atoms with Crippen molar-refractivity contribution in [2.75, 3.05) is 118 Å². The van der Waals surface area contributed by atoms with Crippen LogP contribution in [0.1, 0.15) is 155 Å². The number of nitrogens with one attached hydrogen (secondary N) is 3. The molecule has 0 aromatic rings. The first-order valence-corrected chi connectivity index (χ1v) is 23.7. The van der Waals surface area contributed by atoms with Gasteiger partial charge in [0.15, 0.2) is 0 Å². The van der Waals surface area contributed by atoms with Gasteiger partial charge >= 0.3 is 0 Å². The van der Waals surface area contributed by atoms with Crippen LogP contribution in [0.5, 0.6) is 0 Å². The number of rotatable bonds is 28. The maximum absolute atomic E-state index is 6.48. The van der Waals surface area contributed by atoms with Gasteiger partial charge in [0.25, 0.3) is 0 Å². The maximum atomic E-state index is 6.48. The van der Waals surface area contributed by atoms with Crippen molar-refractivity contribution >= 4 is 0 Å². The molecular formula is C48H101N7O2. The SMILES string of the molecule is CC(C)(CC[C@@H](OCCCOCCNC(C)(C)C)C(C)(C)C)CCN1CCN(CCNC(C)(C)CCC(C)(C)CCN2CCN(CCCNC(C)(C)C)CC2)CC1. The van der Waals surface area contributed by atoms with Crippen LogP contribution in [-0.2, 0) is 9.47 Å². The van der Waals surface area contributed by atoms with Gasteiger partial charge in [0.2, 0.25) is 0 Å². The summed E-state index contributed by atoms with van der Waals surface area (Å²) < 4.78 is 12.3. The van der Waals surface area contributed by atoms with Gasteiger partial charge in [-0.1, -0.05) is 48.5 Å². The smallest absolute Gasteiger partial charge is 0.0623 e. The van der Waals surface area contributed by atoms with Crippen LogP contribution in [0.4, 0.5) is 0 Å². The number of hydrogen-bond donors (Lipinski definition) is 3. The normalized spacial score (nSPS) is 18.8. The maximum Gasteiger partial charge on any atom is 0.0623 e. The van der Waals surface area contributed by atoms with Crippen molar-refractivity contribution in [3.05, 3.63) is 0 Å². The van der Waals surface area contributed by atoms with E-state index in [9.17, 15) is 0 Å². The van der Waals surface area contributed by atoms with Crippen molar-refractivity contribution in [1.82, 2.24) is 35.6 Å². The zero-order valence-corrected chi connectivity index (χ0v) is 41.1. The van der Waals surface area contributed by atoms with Crippen LogP contribution in [0, 0.1) is 16.2 Å². The van der Waals surface area contributed by atoms with Gasteiger partial charge in [-0.25, -0.2) is 0 Å². The molecule has 2 rings (SSSR count). The van der Waals surface area contributed by atoms with E-state index in [1.807, 2.05) is 0 Å². The van der Waals surface area contributed by atoms with E-state index in [1.165, 1.54) is 111 Å². The molecule has 0 amide bonds. The van der Waals surface area contributed by atoms with Crippen molar-refractivity contribution in [3.8, 4) is 0 Å². The fourth-order valence-corrected chi connectivity index (χ4v) is 7.98. The van der Waals surface area contributed by atoms with E-state index in [-0.39, 0.29) is 28.1 Å². The van der Waals surface area contributed by atoms with E-state index in [0.29, 0.717) is 10.8 Å². The van der Waals surface area contributed by atoms with E-state index in [1.54, 1.807) is 0 Å². The first kappa shape index (κ1) is 52.8. The summed E-state index contributed by atoms with van der Waals surface area (Å²) in [6.45, 7) is 55.0. The minimum absolute atomic E-state index is 0.143. The fraction of sp³-hybridized carbons (Fsp3) is 1.00. The molecule has 0 aromatic carbocycles. The molecular weight excluding hydrogens is 707 g/mol. The van der Waals surface area contributed by atoms with Crippen molar-refractivity contribution in [1.29, 1.82) is 0 Å². The Morgan fingerprint density at radius 3 is 1.42 bits per heavy atom. The van der Waals surface area contributed by atoms with Crippen LogP contribution in [0.25, 0.3) is 0 Å². The monoisotopic (exact) mass is 808 g/mol. The molecule has 2 aliphatic heterocycles. The lowest BCUT2D eigenvalue weighted by Crippen LogP contribution is -2.50. The summed E-state index contributed by atoms with van der Waals surface area (Å²) in [5.74, 6) is 0. The third kappa shape index (κ3) is 26.6. The van der Waals surface area contributed by atoms with Gasteiger partial charge in [-0.3, -0.25) is 4.90 Å². The minimum Gasteiger partial charge on any atom is -0.380 e. The first-order valence-electron chi connectivity index (χ1n) is 23.7. The Morgan fingerprint density at radius 2 is 0.912 bits per heavy atom. The molecule has 2 heterocycles. The summed E-state index contributed by atoms with van der Waals surface area (Å²) in [6.07, 6.45) is 9.85. The summed E-state index contributed by atoms with van der Waals surface area (Å²) in [5.41, 5.74) is 1.38. The second-order valence-corrected chi connectivity index (χ2v) is 23.4. The Kier molecular flexibility index (Phi) is 23.1. The Bertz CT molecular complexity index is 1030. The Morgan fingerprint density at radius 1 is 0.439 bits per heavy atom. The van der Waals surface area contributed by atoms with Gasteiger partial charge in [-0.05, 0) is 149 Å². The number of hydrogen-bond acceptors (Lipinski definition) is 9. The minimum atomic E-state index is 0.143. The zero-order valence-electron chi connectivity index (χ0n) is 41.1. The van der Waals surface area contributed by atoms with Gasteiger partial charge < -0.3 is 40.1 Å². The average molecular weight is 808 g/mol. The molecule has 0 saturated carbocycles. The molecule has 0 aliphatic carbocycles. The average Bonchev–Trinajstić information content (AvgIpc) is 3.09. The van der Waals surface area contributed by atoms with Crippen LogP contribution >= 0.6 is 0 Å². The molecule has 3 N–H and O–H groups in total. The molecule has 57 heavy (non-hydrogen) atoms. The van der Waals surface area contributed by atoms with E-state index in [4.69, 9.17) is 9.47 Å². The lowest BCUT2D eigenvalue weighted by atomic mass is 9.78. The van der Waals surface area contributed by atoms with Crippen LogP contribution in [-0.4, -0.2) is 160 Å². The quantitative estimate of drug-likeness (QED) is 0.0684. The molecule has 2 aliphatic rings. The van der Waals surface area contributed by atoms with Gasteiger partial charge in [0.05, 0.1) is 12.7 Å². The molecule has 0 unspecified atom stereocenters. The van der Waals surface area contributed by atoms with Crippen molar-refractivity contribution in [2.45, 2.75) is 178 Å². The van der Waals surface area contributed by atoms with Gasteiger partial charge in [-0.15, -0.1) is 0 Å². The lowest BCUT2D eigenvalue weighted by molar-refractivity contribution is -0.0369. The van der Waals surface area contributed by atoms with Crippen molar-refractivity contribution in [2.24, 2.45) is 16.2 Å². The summed E-state index contributed by atoms with van der Waals surface area (Å²) in [5, 5.41) is 11.1. The van der Waals surface area contributed by atoms with Crippen LogP contribution in [0.2, 0.25) is 0 Å². The van der Waals surface area contributed by atoms with Gasteiger partial charge in [-0.2, -0.15) is 0 Å². The Balaban J connectivity index is 1.57. The Labute approximate surface area is 356 Å². The fourth-order valence-electron chi connectivity index (χ4n) is 7.98. The molecule has 9 heteroatoms. The molecule has 340 valence electrons. The van der Waals surface area contributed by atoms with Crippen LogP contribution in [0.15, 0.2) is 0 Å². The zero-order chi connectivity index (χ0) is 42.8. The number of piperazine rings is 2. The number of ether oxygens (including phenoxy) is 2. The Hall–Kier alpha value is -0.360. The predicted octanol–water partition coefficient (Wildman–Crippen LogP) is 7.99. The molecule has 0 bridgehead atoms. The number of nitrogens with zero attached hydrogens (tertiary/aromatic N) is 4. The summed E-state index contributed by atoms with van der Waals surface area (Å²) >= 11 is 0. The van der Waals surface area contributed by atoms with E-state index < -0.39 is 0 Å². The third-order valence-electron chi connectivity index (χ3n) is 12.6. The molecule has 2 fully saturated rings. The van der Waals surface area contributed by atoms with Crippen LogP contribution < -0.4 is 16.0 Å². The molecule has 0 spiro atoms. The standard InChI is InChI=1S/C48H101N7O2/c1-43(2,3)42(57-40-17-39-56-41-26-50-45(7,8)9)18-19-46(10,11)22-28-53-35-37-55(38-36-53)30-25-51-48(14,15)21-20-47(12,13)23-29-54-33-31-52(32-34-54)27-16-24-49-44(4,5)6/h42,49-51H,16-41H2,1-15H3/t42-/m1/s1. The molecule has 0 aromatic heterocycles. The highest BCUT2D eigenvalue weighted by atomic mass is 16.5. The third-order valence-corrected chi connectivity index (χ3v) is 12.6. The highest BCUT2D eigenvalue weighted by Gasteiger charge is 2.30. The van der Waals surface area contributed by atoms with Crippen molar-refractivity contribution < 1.29 is 9.47 Å². The largest absolute Gasteiger partial charge is 0.380 e. The predicted molar refractivity (Wildman–Crippen MR) is 248 cm³/mol. The van der Waals surface area contributed by atoms with E-state index >= 15 is 0 Å². The van der Waals surface area contributed by atoms with Gasteiger partial charge in [0, 0.05) is 102 Å². The van der Waals surface area contributed by atoms with E-state index in [0.717, 1.165) is 58.8 Å². The highest BCUT2D eigenvalue weighted by molar-refractivity contribution is 4.85. The van der Waals surface area contributed by atoms with Gasteiger partial charge in [0.1, 0.15) is 0 Å². The van der Waals surface area contributed by atoms with Crippen LogP contribution in [0.3, 0.4) is 0 Å². The molecule has 9 nitrogen and oxygen atoms in total. The summed E-state index contributed by atoms with van der Waals surface area (Å²) in [6, 6.07) is 0. The first-order chi connectivity index (χ1) is 26.3. The summed E-state index contributed by atoms with van der Waals surface area (Å²) in [4.78, 5) is 10.8. The molecule has 1 atom stereocenters. The second-order valence-electron chi connectivity index (χ2n) is 23.4. The molecule has 0 radical (unpaired) electrons. The lowest BCUT2D eigenvalue weighted by Gasteiger charge is -2.38. The van der Waals surface area contributed by atoms with E-state index in [2.05, 4.69) is 139 Å².